The predicted molar refractivity (Wildman–Crippen MR) is 241 cm³/mol. The van der Waals surface area contributed by atoms with Crippen LogP contribution >= 0.6 is 11.3 Å². The van der Waals surface area contributed by atoms with E-state index < -0.39 is 35.2 Å². The molecule has 3 aliphatic rings. The molecule has 1 saturated carbocycles. The van der Waals surface area contributed by atoms with Crippen LogP contribution in [0.25, 0.3) is 33.4 Å². The molecule has 5 heterocycles. The summed E-state index contributed by atoms with van der Waals surface area (Å²) in [5, 5.41) is 18.6. The van der Waals surface area contributed by atoms with Gasteiger partial charge in [-0.1, -0.05) is 19.9 Å². The SMILES string of the molecule is CCn1c(-c2cc(N3CCN(C)CC3)cnc2[C@H](C)OC)c(CC(C)(C)CO)c2cc(-c3csc(C[C@H](NC(=O)OC(C)(C)C)C(=O)N4C[C@@H]5C[C@@H]5[C@@H](C(=O)OC)N4)n3)ccc21. The van der Waals surface area contributed by atoms with E-state index in [-0.39, 0.29) is 36.9 Å². The Bertz CT molecular complexity index is 2280. The number of amides is 2. The Hall–Kier alpha value is -4.61. The van der Waals surface area contributed by atoms with Crippen molar-refractivity contribution < 1.29 is 33.7 Å². The van der Waals surface area contributed by atoms with Gasteiger partial charge in [-0.2, -0.15) is 0 Å². The molecule has 1 aliphatic carbocycles. The van der Waals surface area contributed by atoms with E-state index >= 15 is 0 Å². The Labute approximate surface area is 369 Å². The van der Waals surface area contributed by atoms with Crippen molar-refractivity contribution in [2.45, 2.75) is 98.1 Å². The highest BCUT2D eigenvalue weighted by Crippen LogP contribution is 2.45. The molecule has 4 aromatic rings. The second-order valence-electron chi connectivity index (χ2n) is 18.9. The monoisotopic (exact) mass is 872 g/mol. The number of alkyl carbamates (subject to hydrolysis) is 1. The molecule has 2 saturated heterocycles. The first-order valence-corrected chi connectivity index (χ1v) is 22.6. The van der Waals surface area contributed by atoms with Crippen molar-refractivity contribution in [1.29, 1.82) is 0 Å². The van der Waals surface area contributed by atoms with E-state index in [1.807, 2.05) is 18.5 Å². The molecular formula is C46H64N8O7S. The standard InChI is InChI=1S/C46H64N8O7S/c1-11-53-37-13-12-28(18-32(37)34(22-46(6,7)26-55)41(53)33-20-30(23-47-39(33)27(2)59-9)52-16-14-51(8)15-17-52)36-25-62-38(48-36)21-35(49-44(58)61-45(3,4)5)42(56)54-24-29-19-31(29)40(50-54)43(57)60-10/h12-13,18,20,23,25,27,29,31,35,40,50,55H,11,14-17,19,21-22,24,26H2,1-10H3,(H,49,58)/t27-,29-,31-,35-,40-/m0/s1. The van der Waals surface area contributed by atoms with Crippen molar-refractivity contribution in [1.82, 2.24) is 35.2 Å². The highest BCUT2D eigenvalue weighted by molar-refractivity contribution is 7.10. The Morgan fingerprint density at radius 3 is 2.48 bits per heavy atom. The average molecular weight is 873 g/mol. The number of likely N-dealkylation sites (N-methyl/N-ethyl adjacent to an activating group) is 1. The van der Waals surface area contributed by atoms with E-state index in [1.54, 1.807) is 27.9 Å². The average Bonchev–Trinajstić information content (AvgIpc) is 3.78. The number of benzene rings is 1. The number of aliphatic hydroxyl groups excluding tert-OH is 1. The molecule has 15 nitrogen and oxygen atoms in total. The number of hydrazine groups is 1. The molecular weight excluding hydrogens is 809 g/mol. The number of rotatable bonds is 14. The zero-order chi connectivity index (χ0) is 44.7. The van der Waals surface area contributed by atoms with Crippen LogP contribution in [0.15, 0.2) is 35.8 Å². The zero-order valence-electron chi connectivity index (χ0n) is 37.9. The van der Waals surface area contributed by atoms with Gasteiger partial charge in [0.25, 0.3) is 5.91 Å². The van der Waals surface area contributed by atoms with Crippen molar-refractivity contribution >= 4 is 45.9 Å². The number of nitrogens with zero attached hydrogens (tertiary/aromatic N) is 6. The Kier molecular flexibility index (Phi) is 13.4. The van der Waals surface area contributed by atoms with Gasteiger partial charge >= 0.3 is 12.1 Å². The smallest absolute Gasteiger partial charge is 0.408 e. The lowest BCUT2D eigenvalue weighted by molar-refractivity contribution is -0.150. The summed E-state index contributed by atoms with van der Waals surface area (Å²) in [6, 6.07) is 7.03. The lowest BCUT2D eigenvalue weighted by Gasteiger charge is -2.34. The van der Waals surface area contributed by atoms with Crippen molar-refractivity contribution in [3.8, 4) is 22.5 Å². The van der Waals surface area contributed by atoms with Gasteiger partial charge in [-0.05, 0) is 95.5 Å². The van der Waals surface area contributed by atoms with Gasteiger partial charge in [0, 0.05) is 86.8 Å². The van der Waals surface area contributed by atoms with E-state index in [0.717, 1.165) is 83.0 Å². The number of anilines is 1. The summed E-state index contributed by atoms with van der Waals surface area (Å²) < 4.78 is 18.9. The summed E-state index contributed by atoms with van der Waals surface area (Å²) in [5.74, 6) is -0.511. The molecule has 16 heteroatoms. The quantitative estimate of drug-likeness (QED) is 0.130. The molecule has 3 aromatic heterocycles. The number of fused-ring (bicyclic) bond motifs is 2. The largest absolute Gasteiger partial charge is 0.468 e. The molecule has 0 bridgehead atoms. The maximum absolute atomic E-state index is 14.2. The highest BCUT2D eigenvalue weighted by atomic mass is 32.1. The van der Waals surface area contributed by atoms with Crippen LogP contribution in [0.5, 0.6) is 0 Å². The molecule has 2 aliphatic heterocycles. The lowest BCUT2D eigenvalue weighted by atomic mass is 9.84. The molecule has 5 atom stereocenters. The van der Waals surface area contributed by atoms with Crippen molar-refractivity contribution in [3.05, 3.63) is 52.1 Å². The van der Waals surface area contributed by atoms with E-state index in [4.69, 9.17) is 24.2 Å². The molecule has 7 rings (SSSR count). The van der Waals surface area contributed by atoms with Crippen molar-refractivity contribution in [2.75, 3.05) is 65.5 Å². The zero-order valence-corrected chi connectivity index (χ0v) is 38.7. The van der Waals surface area contributed by atoms with E-state index in [1.165, 1.54) is 23.5 Å². The van der Waals surface area contributed by atoms with E-state index in [0.29, 0.717) is 24.5 Å². The fourth-order valence-electron chi connectivity index (χ4n) is 8.76. The maximum Gasteiger partial charge on any atom is 0.408 e. The number of piperazine rings is 1. The number of carbonyl (C=O) groups is 3. The maximum atomic E-state index is 14.2. The number of thiazole rings is 1. The number of methoxy groups -OCH3 is 2. The van der Waals surface area contributed by atoms with Gasteiger partial charge in [0.05, 0.1) is 47.2 Å². The molecule has 336 valence electrons. The molecule has 62 heavy (non-hydrogen) atoms. The third kappa shape index (κ3) is 9.79. The Balaban J connectivity index is 1.26. The van der Waals surface area contributed by atoms with E-state index in [2.05, 4.69) is 77.2 Å². The summed E-state index contributed by atoms with van der Waals surface area (Å²) in [4.78, 5) is 54.8. The summed E-state index contributed by atoms with van der Waals surface area (Å²) in [6.07, 6.45) is 2.53. The van der Waals surface area contributed by atoms with Crippen LogP contribution in [-0.4, -0.2) is 126 Å². The van der Waals surface area contributed by atoms with Crippen molar-refractivity contribution in [3.63, 3.8) is 0 Å². The summed E-state index contributed by atoms with van der Waals surface area (Å²) in [5.41, 5.74) is 9.71. The van der Waals surface area contributed by atoms with Crippen LogP contribution in [0, 0.1) is 17.3 Å². The molecule has 2 amide bonds. The number of esters is 1. The molecule has 0 unspecified atom stereocenters. The minimum absolute atomic E-state index is 0.00996. The number of aliphatic hydroxyl groups is 1. The minimum Gasteiger partial charge on any atom is -0.468 e. The van der Waals surface area contributed by atoms with Gasteiger partial charge in [0.2, 0.25) is 0 Å². The third-order valence-corrected chi connectivity index (χ3v) is 13.3. The predicted octanol–water partition coefficient (Wildman–Crippen LogP) is 5.83. The second-order valence-corrected chi connectivity index (χ2v) is 19.8. The van der Waals surface area contributed by atoms with Crippen LogP contribution in [-0.2, 0) is 43.2 Å². The normalized spacial score (nSPS) is 20.5. The number of carbonyl (C=O) groups excluding carboxylic acids is 3. The second kappa shape index (κ2) is 18.2. The summed E-state index contributed by atoms with van der Waals surface area (Å²) >= 11 is 1.41. The third-order valence-electron chi connectivity index (χ3n) is 12.4. The van der Waals surface area contributed by atoms with Gasteiger partial charge in [-0.25, -0.2) is 15.2 Å². The lowest BCUT2D eigenvalue weighted by Crippen LogP contribution is -2.61. The van der Waals surface area contributed by atoms with Crippen LogP contribution < -0.4 is 15.6 Å². The van der Waals surface area contributed by atoms with E-state index in [9.17, 15) is 19.5 Å². The molecule has 0 radical (unpaired) electrons. The summed E-state index contributed by atoms with van der Waals surface area (Å²) in [6.45, 7) is 18.6. The van der Waals surface area contributed by atoms with Crippen LogP contribution in [0.2, 0.25) is 0 Å². The van der Waals surface area contributed by atoms with Gasteiger partial charge < -0.3 is 39.0 Å². The number of nitrogens with one attached hydrogen (secondary N) is 2. The van der Waals surface area contributed by atoms with Crippen LogP contribution in [0.3, 0.4) is 0 Å². The highest BCUT2D eigenvalue weighted by Gasteiger charge is 2.53. The van der Waals surface area contributed by atoms with Gasteiger partial charge in [0.15, 0.2) is 0 Å². The number of ether oxygens (including phenoxy) is 3. The first kappa shape index (κ1) is 45.4. The Morgan fingerprint density at radius 1 is 1.08 bits per heavy atom. The minimum atomic E-state index is -1.01. The van der Waals surface area contributed by atoms with Crippen molar-refractivity contribution in [2.24, 2.45) is 17.3 Å². The number of hydrogen-bond donors (Lipinski definition) is 3. The van der Waals surface area contributed by atoms with Gasteiger partial charge in [0.1, 0.15) is 17.7 Å². The molecule has 3 N–H and O–H groups in total. The first-order valence-electron chi connectivity index (χ1n) is 21.8. The topological polar surface area (TPSA) is 164 Å². The molecule has 1 aromatic carbocycles. The number of aromatic nitrogens is 3. The summed E-state index contributed by atoms with van der Waals surface area (Å²) in [7, 11) is 5.20. The number of pyridine rings is 1. The fraction of sp³-hybridized carbons (Fsp3) is 0.587. The van der Waals surface area contributed by atoms with Gasteiger partial charge in [-0.15, -0.1) is 11.3 Å². The van der Waals surface area contributed by atoms with Gasteiger partial charge in [-0.3, -0.25) is 19.6 Å². The number of aryl methyl sites for hydroxylation is 1. The molecule has 3 fully saturated rings. The van der Waals surface area contributed by atoms with Crippen LogP contribution in [0.4, 0.5) is 10.5 Å². The first-order chi connectivity index (χ1) is 29.4. The Morgan fingerprint density at radius 2 is 1.82 bits per heavy atom. The molecule has 0 spiro atoms. The number of hydrogen-bond acceptors (Lipinski definition) is 13. The fourth-order valence-corrected chi connectivity index (χ4v) is 9.61. The van der Waals surface area contributed by atoms with Crippen LogP contribution in [0.1, 0.15) is 77.3 Å².